The fourth-order valence-electron chi connectivity index (χ4n) is 2.24. The van der Waals surface area contributed by atoms with Crippen molar-refractivity contribution in [3.8, 4) is 12.1 Å². The molecule has 0 atom stereocenters. The van der Waals surface area contributed by atoms with Crippen LogP contribution in [-0.4, -0.2) is 45.2 Å². The quantitative estimate of drug-likeness (QED) is 0.553. The van der Waals surface area contributed by atoms with Crippen molar-refractivity contribution in [1.82, 2.24) is 9.97 Å². The first-order valence-electron chi connectivity index (χ1n) is 8.03. The topological polar surface area (TPSA) is 179 Å². The SMILES string of the molecule is N#Cc1nc(N=Nc2ccc(N(CCC(=O)O)CCC(=O)O)cc2)[nH]c1C#N. The van der Waals surface area contributed by atoms with Crippen molar-refractivity contribution in [2.75, 3.05) is 18.0 Å². The summed E-state index contributed by atoms with van der Waals surface area (Å²) in [5, 5.41) is 43.2. The second-order valence-electron chi connectivity index (χ2n) is 5.50. The van der Waals surface area contributed by atoms with E-state index in [4.69, 9.17) is 20.7 Å². The number of carbonyl (C=O) groups is 2. The monoisotopic (exact) mass is 381 g/mol. The maximum absolute atomic E-state index is 10.8. The zero-order valence-electron chi connectivity index (χ0n) is 14.5. The summed E-state index contributed by atoms with van der Waals surface area (Å²) in [6.45, 7) is 0.341. The van der Waals surface area contributed by atoms with Gasteiger partial charge in [0, 0.05) is 18.8 Å². The van der Waals surface area contributed by atoms with E-state index in [9.17, 15) is 9.59 Å². The highest BCUT2D eigenvalue weighted by Crippen LogP contribution is 2.22. The van der Waals surface area contributed by atoms with E-state index in [1.54, 1.807) is 41.3 Å². The van der Waals surface area contributed by atoms with Gasteiger partial charge in [0.15, 0.2) is 11.4 Å². The molecule has 0 unspecified atom stereocenters. The number of nitrogens with one attached hydrogen (secondary N) is 1. The molecule has 0 saturated heterocycles. The van der Waals surface area contributed by atoms with E-state index in [0.29, 0.717) is 11.4 Å². The number of rotatable bonds is 9. The number of nitriles is 2. The maximum atomic E-state index is 10.8. The first-order valence-corrected chi connectivity index (χ1v) is 8.03. The average molecular weight is 381 g/mol. The summed E-state index contributed by atoms with van der Waals surface area (Å²) in [6.07, 6.45) is -0.246. The van der Waals surface area contributed by atoms with Crippen molar-refractivity contribution in [3.63, 3.8) is 0 Å². The van der Waals surface area contributed by atoms with Crippen LogP contribution in [0.4, 0.5) is 17.3 Å². The van der Waals surface area contributed by atoms with E-state index in [0.717, 1.165) is 0 Å². The van der Waals surface area contributed by atoms with E-state index in [1.807, 2.05) is 0 Å². The number of hydrogen-bond donors (Lipinski definition) is 3. The normalized spacial score (nSPS) is 10.4. The Morgan fingerprint density at radius 1 is 1.04 bits per heavy atom. The van der Waals surface area contributed by atoms with Crippen LogP contribution < -0.4 is 4.90 Å². The summed E-state index contributed by atoms with van der Waals surface area (Å²) in [4.78, 5) is 29.6. The minimum Gasteiger partial charge on any atom is -0.481 e. The molecule has 11 heteroatoms. The lowest BCUT2D eigenvalue weighted by Crippen LogP contribution is -2.28. The highest BCUT2D eigenvalue weighted by Gasteiger charge is 2.11. The van der Waals surface area contributed by atoms with Gasteiger partial charge in [0.25, 0.3) is 0 Å². The third kappa shape index (κ3) is 5.64. The van der Waals surface area contributed by atoms with E-state index in [2.05, 4.69) is 20.2 Å². The average Bonchev–Trinajstić information content (AvgIpc) is 3.09. The Morgan fingerprint density at radius 2 is 1.64 bits per heavy atom. The van der Waals surface area contributed by atoms with Crippen LogP contribution >= 0.6 is 0 Å². The molecule has 11 nitrogen and oxygen atoms in total. The number of nitrogens with zero attached hydrogens (tertiary/aromatic N) is 6. The standard InChI is InChI=1S/C17H15N7O4/c18-9-13-14(10-19)21-17(20-13)23-22-11-1-3-12(4-2-11)24(7-5-15(25)26)8-6-16(27)28/h1-4H,5-8H2,(H,20,21)(H,25,26)(H,27,28). The fraction of sp³-hybridized carbons (Fsp3) is 0.235. The molecule has 1 aromatic carbocycles. The number of imidazole rings is 1. The summed E-state index contributed by atoms with van der Waals surface area (Å²) in [5.41, 5.74) is 1.03. The number of carboxylic acid groups (broad SMARTS) is 2. The number of anilines is 1. The van der Waals surface area contributed by atoms with Crippen LogP contribution in [0.5, 0.6) is 0 Å². The molecule has 0 radical (unpaired) electrons. The number of aromatic amines is 1. The molecule has 1 heterocycles. The molecule has 0 fully saturated rings. The fourth-order valence-corrected chi connectivity index (χ4v) is 2.24. The maximum Gasteiger partial charge on any atom is 0.305 e. The Bertz CT molecular complexity index is 917. The zero-order valence-corrected chi connectivity index (χ0v) is 14.5. The molecule has 142 valence electrons. The summed E-state index contributed by atoms with van der Waals surface area (Å²) >= 11 is 0. The van der Waals surface area contributed by atoms with Crippen molar-refractivity contribution in [2.24, 2.45) is 10.2 Å². The molecule has 28 heavy (non-hydrogen) atoms. The predicted molar refractivity (Wildman–Crippen MR) is 95.4 cm³/mol. The molecule has 0 bridgehead atoms. The molecule has 1 aromatic heterocycles. The number of carboxylic acids is 2. The summed E-state index contributed by atoms with van der Waals surface area (Å²) in [7, 11) is 0. The van der Waals surface area contributed by atoms with Gasteiger partial charge in [0.2, 0.25) is 5.95 Å². The molecule has 2 rings (SSSR count). The molecule has 0 aliphatic heterocycles. The van der Waals surface area contributed by atoms with Gasteiger partial charge in [-0.25, -0.2) is 0 Å². The van der Waals surface area contributed by atoms with E-state index in [1.165, 1.54) is 0 Å². The van der Waals surface area contributed by atoms with Gasteiger partial charge in [0.05, 0.1) is 18.5 Å². The largest absolute Gasteiger partial charge is 0.481 e. The van der Waals surface area contributed by atoms with Gasteiger partial charge in [0.1, 0.15) is 12.1 Å². The van der Waals surface area contributed by atoms with E-state index in [-0.39, 0.29) is 43.3 Å². The number of hydrogen-bond acceptors (Lipinski definition) is 8. The van der Waals surface area contributed by atoms with Crippen molar-refractivity contribution in [2.45, 2.75) is 12.8 Å². The summed E-state index contributed by atoms with van der Waals surface area (Å²) < 4.78 is 0. The second-order valence-corrected chi connectivity index (χ2v) is 5.50. The lowest BCUT2D eigenvalue weighted by molar-refractivity contribution is -0.137. The Hall–Kier alpha value is -4.25. The third-order valence-corrected chi connectivity index (χ3v) is 3.58. The molecule has 0 aliphatic rings. The van der Waals surface area contributed by atoms with Crippen molar-refractivity contribution < 1.29 is 19.8 Å². The molecule has 0 aliphatic carbocycles. The van der Waals surface area contributed by atoms with Gasteiger partial charge in [-0.1, -0.05) is 0 Å². The lowest BCUT2D eigenvalue weighted by atomic mass is 10.2. The Morgan fingerprint density at radius 3 is 2.11 bits per heavy atom. The van der Waals surface area contributed by atoms with Gasteiger partial charge >= 0.3 is 11.9 Å². The smallest absolute Gasteiger partial charge is 0.305 e. The van der Waals surface area contributed by atoms with Crippen LogP contribution in [-0.2, 0) is 9.59 Å². The van der Waals surface area contributed by atoms with Crippen LogP contribution in [0.1, 0.15) is 24.2 Å². The number of azo groups is 1. The highest BCUT2D eigenvalue weighted by atomic mass is 16.4. The Labute approximate surface area is 159 Å². The molecule has 0 amide bonds. The van der Waals surface area contributed by atoms with Gasteiger partial charge in [-0.3, -0.25) is 9.59 Å². The molecule has 2 aromatic rings. The van der Waals surface area contributed by atoms with Gasteiger partial charge in [-0.15, -0.1) is 10.2 Å². The van der Waals surface area contributed by atoms with Crippen LogP contribution in [0.15, 0.2) is 34.5 Å². The Balaban J connectivity index is 2.12. The molecule has 0 spiro atoms. The van der Waals surface area contributed by atoms with Crippen LogP contribution in [0.25, 0.3) is 0 Å². The zero-order chi connectivity index (χ0) is 20.5. The molecule has 0 saturated carbocycles. The van der Waals surface area contributed by atoms with Gasteiger partial charge in [-0.2, -0.15) is 15.5 Å². The van der Waals surface area contributed by atoms with Gasteiger partial charge in [-0.05, 0) is 24.3 Å². The second kappa shape index (κ2) is 9.45. The first-order chi connectivity index (χ1) is 13.4. The molecular weight excluding hydrogens is 366 g/mol. The number of benzene rings is 1. The van der Waals surface area contributed by atoms with Crippen LogP contribution in [0.2, 0.25) is 0 Å². The number of aromatic nitrogens is 2. The number of aliphatic carboxylic acids is 2. The number of H-pyrrole nitrogens is 1. The Kier molecular flexibility index (Phi) is 6.77. The van der Waals surface area contributed by atoms with E-state index < -0.39 is 11.9 Å². The third-order valence-electron chi connectivity index (χ3n) is 3.58. The van der Waals surface area contributed by atoms with Crippen molar-refractivity contribution >= 4 is 29.3 Å². The minimum atomic E-state index is -0.974. The minimum absolute atomic E-state index is 0.000647. The van der Waals surface area contributed by atoms with Crippen LogP contribution in [0.3, 0.4) is 0 Å². The summed E-state index contributed by atoms with van der Waals surface area (Å²) in [5.74, 6) is -1.93. The highest BCUT2D eigenvalue weighted by molar-refractivity contribution is 5.69. The molecule has 3 N–H and O–H groups in total. The lowest BCUT2D eigenvalue weighted by Gasteiger charge is -2.23. The molecular formula is C17H15N7O4. The summed E-state index contributed by atoms with van der Waals surface area (Å²) in [6, 6.07) is 10.1. The van der Waals surface area contributed by atoms with Gasteiger partial charge < -0.3 is 20.1 Å². The van der Waals surface area contributed by atoms with E-state index >= 15 is 0 Å². The first kappa shape index (κ1) is 20.1. The van der Waals surface area contributed by atoms with Crippen molar-refractivity contribution in [1.29, 1.82) is 10.5 Å². The predicted octanol–water partition coefficient (Wildman–Crippen LogP) is 2.32. The van der Waals surface area contributed by atoms with Crippen molar-refractivity contribution in [3.05, 3.63) is 35.7 Å². The van der Waals surface area contributed by atoms with Crippen LogP contribution in [0, 0.1) is 22.7 Å².